The fraction of sp³-hybridized carbons (Fsp3) is 0.235. The number of amides is 1. The van der Waals surface area contributed by atoms with Crippen LogP contribution in [0.15, 0.2) is 41.3 Å². The Labute approximate surface area is 128 Å². The van der Waals surface area contributed by atoms with Crippen molar-refractivity contribution in [1.29, 1.82) is 0 Å². The first-order valence-electron chi connectivity index (χ1n) is 6.89. The first-order valence-corrected chi connectivity index (χ1v) is 7.77. The molecule has 1 atom stereocenters. The lowest BCUT2D eigenvalue weighted by molar-refractivity contribution is -0.115. The van der Waals surface area contributed by atoms with Gasteiger partial charge in [-0.1, -0.05) is 23.8 Å². The normalized spacial score (nSPS) is 16.6. The molecule has 1 heterocycles. The van der Waals surface area contributed by atoms with Crippen LogP contribution in [0.2, 0.25) is 0 Å². The number of fused-ring (bicyclic) bond motifs is 1. The van der Waals surface area contributed by atoms with E-state index in [9.17, 15) is 9.90 Å². The van der Waals surface area contributed by atoms with Crippen molar-refractivity contribution in [3.05, 3.63) is 53.1 Å². The molecule has 0 aliphatic carbocycles. The highest BCUT2D eigenvalue weighted by Gasteiger charge is 2.28. The summed E-state index contributed by atoms with van der Waals surface area (Å²) in [6, 6.07) is 11.5. The lowest BCUT2D eigenvalue weighted by Crippen LogP contribution is -2.24. The number of carbonyl (C=O) groups is 1. The average Bonchev–Trinajstić information content (AvgIpc) is 2.85. The Hall–Kier alpha value is -1.94. The molecule has 0 saturated heterocycles. The number of hydrogen-bond donors (Lipinski definition) is 2. The summed E-state index contributed by atoms with van der Waals surface area (Å²) in [4.78, 5) is 13.5. The van der Waals surface area contributed by atoms with Crippen LogP contribution >= 0.6 is 11.8 Å². The largest absolute Gasteiger partial charge is 0.506 e. The van der Waals surface area contributed by atoms with E-state index >= 15 is 0 Å². The van der Waals surface area contributed by atoms with Crippen molar-refractivity contribution in [2.75, 3.05) is 5.32 Å². The molecule has 108 valence electrons. The highest BCUT2D eigenvalue weighted by Crippen LogP contribution is 2.38. The van der Waals surface area contributed by atoms with Crippen molar-refractivity contribution in [3.8, 4) is 5.75 Å². The Kier molecular flexibility index (Phi) is 3.64. The number of thioether (sulfide) groups is 1. The summed E-state index contributed by atoms with van der Waals surface area (Å²) < 4.78 is 0. The smallest absolute Gasteiger partial charge is 0.238 e. The molecule has 0 bridgehead atoms. The number of carbonyl (C=O) groups excluding carboxylic acids is 1. The van der Waals surface area contributed by atoms with Crippen molar-refractivity contribution < 1.29 is 9.90 Å². The van der Waals surface area contributed by atoms with Gasteiger partial charge in [-0.3, -0.25) is 4.79 Å². The number of phenols is 1. The summed E-state index contributed by atoms with van der Waals surface area (Å²) in [6.45, 7) is 3.95. The lowest BCUT2D eigenvalue weighted by atomic mass is 10.1. The quantitative estimate of drug-likeness (QED) is 0.832. The molecular weight excluding hydrogens is 282 g/mol. The summed E-state index contributed by atoms with van der Waals surface area (Å²) in [5.74, 6) is 0.0488. The number of aryl methyl sites for hydroxylation is 2. The van der Waals surface area contributed by atoms with Crippen LogP contribution in [0.25, 0.3) is 0 Å². The predicted octanol–water partition coefficient (Wildman–Crippen LogP) is 3.66. The van der Waals surface area contributed by atoms with Gasteiger partial charge in [-0.05, 0) is 49.6 Å². The van der Waals surface area contributed by atoms with Gasteiger partial charge in [0.2, 0.25) is 5.91 Å². The fourth-order valence-corrected chi connectivity index (χ4v) is 3.73. The molecule has 0 fully saturated rings. The topological polar surface area (TPSA) is 49.3 Å². The van der Waals surface area contributed by atoms with Gasteiger partial charge in [-0.25, -0.2) is 0 Å². The third-order valence-electron chi connectivity index (χ3n) is 3.60. The summed E-state index contributed by atoms with van der Waals surface area (Å²) in [6.07, 6.45) is 0.735. The molecule has 21 heavy (non-hydrogen) atoms. The van der Waals surface area contributed by atoms with Crippen molar-refractivity contribution in [1.82, 2.24) is 0 Å². The van der Waals surface area contributed by atoms with Gasteiger partial charge in [0.1, 0.15) is 5.75 Å². The van der Waals surface area contributed by atoms with Gasteiger partial charge in [0.25, 0.3) is 0 Å². The molecule has 1 unspecified atom stereocenters. The van der Waals surface area contributed by atoms with Gasteiger partial charge in [0.15, 0.2) is 0 Å². The second kappa shape index (κ2) is 5.45. The molecule has 2 aromatic rings. The maximum atomic E-state index is 12.4. The van der Waals surface area contributed by atoms with Gasteiger partial charge in [-0.15, -0.1) is 11.8 Å². The maximum Gasteiger partial charge on any atom is 0.238 e. The fourth-order valence-electron chi connectivity index (χ4n) is 2.44. The van der Waals surface area contributed by atoms with Gasteiger partial charge in [0, 0.05) is 4.90 Å². The van der Waals surface area contributed by atoms with Crippen LogP contribution in [0.1, 0.15) is 16.7 Å². The maximum absolute atomic E-state index is 12.4. The highest BCUT2D eigenvalue weighted by atomic mass is 32.2. The van der Waals surface area contributed by atoms with Crippen LogP contribution in [0.3, 0.4) is 0 Å². The molecule has 2 aromatic carbocycles. The Balaban J connectivity index is 1.73. The number of anilines is 1. The minimum atomic E-state index is -0.137. The highest BCUT2D eigenvalue weighted by molar-refractivity contribution is 8.01. The minimum absolute atomic E-state index is 0.0620. The van der Waals surface area contributed by atoms with Crippen LogP contribution in [0.5, 0.6) is 5.75 Å². The first-order chi connectivity index (χ1) is 10.0. The van der Waals surface area contributed by atoms with E-state index in [1.165, 1.54) is 16.0 Å². The first kappa shape index (κ1) is 14.0. The standard InChI is InChI=1S/C17H17NO2S/c1-10-4-6-13(14(19)7-10)18-17(20)16-9-12-5-3-11(2)8-15(12)21-16/h3-8,16,19H,9H2,1-2H3,(H,18,20). The van der Waals surface area contributed by atoms with E-state index in [0.29, 0.717) is 5.69 Å². The van der Waals surface area contributed by atoms with E-state index in [2.05, 4.69) is 30.4 Å². The van der Waals surface area contributed by atoms with E-state index in [0.717, 1.165) is 12.0 Å². The number of nitrogens with one attached hydrogen (secondary N) is 1. The van der Waals surface area contributed by atoms with Crippen molar-refractivity contribution in [2.24, 2.45) is 0 Å². The van der Waals surface area contributed by atoms with Crippen molar-refractivity contribution >= 4 is 23.4 Å². The number of benzene rings is 2. The zero-order chi connectivity index (χ0) is 15.0. The van der Waals surface area contributed by atoms with Crippen LogP contribution in [-0.4, -0.2) is 16.3 Å². The number of rotatable bonds is 2. The lowest BCUT2D eigenvalue weighted by Gasteiger charge is -2.11. The zero-order valence-corrected chi connectivity index (χ0v) is 12.8. The van der Waals surface area contributed by atoms with Gasteiger partial charge in [0.05, 0.1) is 10.9 Å². The molecule has 3 nitrogen and oxygen atoms in total. The predicted molar refractivity (Wildman–Crippen MR) is 86.0 cm³/mol. The van der Waals surface area contributed by atoms with Crippen LogP contribution in [0.4, 0.5) is 5.69 Å². The average molecular weight is 299 g/mol. The summed E-state index contributed by atoms with van der Waals surface area (Å²) in [5, 5.41) is 12.6. The molecule has 4 heteroatoms. The molecule has 0 saturated carbocycles. The van der Waals surface area contributed by atoms with Crippen LogP contribution in [-0.2, 0) is 11.2 Å². The molecule has 0 spiro atoms. The molecular formula is C17H17NO2S. The van der Waals surface area contributed by atoms with Gasteiger partial charge < -0.3 is 10.4 Å². The second-order valence-electron chi connectivity index (χ2n) is 5.43. The van der Waals surface area contributed by atoms with Crippen LogP contribution in [0, 0.1) is 13.8 Å². The third kappa shape index (κ3) is 2.90. The Morgan fingerprint density at radius 3 is 2.67 bits per heavy atom. The second-order valence-corrected chi connectivity index (χ2v) is 6.68. The molecule has 3 rings (SSSR count). The summed E-state index contributed by atoms with van der Waals surface area (Å²) in [5.41, 5.74) is 3.86. The Morgan fingerprint density at radius 1 is 1.19 bits per heavy atom. The molecule has 1 aliphatic rings. The molecule has 1 aliphatic heterocycles. The summed E-state index contributed by atoms with van der Waals surface area (Å²) in [7, 11) is 0. The third-order valence-corrected chi connectivity index (χ3v) is 4.90. The number of hydrogen-bond acceptors (Lipinski definition) is 3. The van der Waals surface area contributed by atoms with E-state index in [-0.39, 0.29) is 16.9 Å². The zero-order valence-electron chi connectivity index (χ0n) is 12.0. The monoisotopic (exact) mass is 299 g/mol. The number of phenolic OH excluding ortho intramolecular Hbond substituents is 1. The van der Waals surface area contributed by atoms with Gasteiger partial charge >= 0.3 is 0 Å². The molecule has 0 radical (unpaired) electrons. The SMILES string of the molecule is Cc1ccc(NC(=O)C2Cc3ccc(C)cc3S2)c(O)c1. The van der Waals surface area contributed by atoms with E-state index in [1.54, 1.807) is 23.9 Å². The van der Waals surface area contributed by atoms with Gasteiger partial charge in [-0.2, -0.15) is 0 Å². The van der Waals surface area contributed by atoms with Crippen molar-refractivity contribution in [3.63, 3.8) is 0 Å². The minimum Gasteiger partial charge on any atom is -0.506 e. The van der Waals surface area contributed by atoms with E-state index in [4.69, 9.17) is 0 Å². The Bertz CT molecular complexity index is 712. The van der Waals surface area contributed by atoms with Crippen LogP contribution < -0.4 is 5.32 Å². The van der Waals surface area contributed by atoms with E-state index < -0.39 is 0 Å². The Morgan fingerprint density at radius 2 is 1.90 bits per heavy atom. The molecule has 0 aromatic heterocycles. The summed E-state index contributed by atoms with van der Waals surface area (Å²) >= 11 is 1.59. The molecule has 2 N–H and O–H groups in total. The number of aromatic hydroxyl groups is 1. The van der Waals surface area contributed by atoms with E-state index in [1.807, 2.05) is 13.0 Å². The molecule has 1 amide bonds. The van der Waals surface area contributed by atoms with Crippen molar-refractivity contribution in [2.45, 2.75) is 30.4 Å².